The Bertz CT molecular complexity index is 205. The zero-order chi connectivity index (χ0) is 11.5. The monoisotopic (exact) mass is 225 g/mol. The highest BCUT2D eigenvalue weighted by Gasteiger charge is 2.38. The number of rotatable bonds is 4. The Balaban J connectivity index is 1.84. The Morgan fingerprint density at radius 2 is 1.88 bits per heavy atom. The first kappa shape index (κ1) is 12.4. The van der Waals surface area contributed by atoms with Crippen LogP contribution in [0.1, 0.15) is 46.0 Å². The molecule has 2 bridgehead atoms. The molecule has 0 radical (unpaired) electrons. The Morgan fingerprint density at radius 3 is 2.44 bits per heavy atom. The Hall–Kier alpha value is -0.0800. The van der Waals surface area contributed by atoms with Gasteiger partial charge in [-0.25, -0.2) is 0 Å². The molecule has 0 aromatic heterocycles. The van der Waals surface area contributed by atoms with E-state index in [0.717, 1.165) is 19.0 Å². The first-order valence-corrected chi connectivity index (χ1v) is 7.11. The minimum atomic E-state index is 0.00600. The molecule has 1 aliphatic heterocycles. The van der Waals surface area contributed by atoms with Gasteiger partial charge in [0.15, 0.2) is 0 Å². The van der Waals surface area contributed by atoms with Crippen molar-refractivity contribution in [1.29, 1.82) is 0 Å². The van der Waals surface area contributed by atoms with E-state index in [9.17, 15) is 5.11 Å². The molecule has 2 fully saturated rings. The highest BCUT2D eigenvalue weighted by atomic mass is 16.3. The summed E-state index contributed by atoms with van der Waals surface area (Å²) in [5.41, 5.74) is 0. The molecule has 2 aliphatic rings. The lowest BCUT2D eigenvalue weighted by atomic mass is 9.75. The normalized spacial score (nSPS) is 37.3. The van der Waals surface area contributed by atoms with Crippen LogP contribution in [0.15, 0.2) is 0 Å². The third kappa shape index (κ3) is 2.78. The molecule has 2 nitrogen and oxygen atoms in total. The maximum absolute atomic E-state index is 10.1. The molecule has 3 unspecified atom stereocenters. The standard InChI is InChI=1S/C14H27NO/c1-3-5-11(2)8-15-9-12-6-4-7-13(10-15)14(12)16/h11-14,16H,3-10H2,1-2H3. The highest BCUT2D eigenvalue weighted by molar-refractivity contribution is 4.90. The molecule has 1 aliphatic carbocycles. The minimum absolute atomic E-state index is 0.00600. The van der Waals surface area contributed by atoms with E-state index in [2.05, 4.69) is 18.7 Å². The highest BCUT2D eigenvalue weighted by Crippen LogP contribution is 2.35. The minimum Gasteiger partial charge on any atom is -0.392 e. The molecule has 0 amide bonds. The second-order valence-corrected chi connectivity index (χ2v) is 6.05. The van der Waals surface area contributed by atoms with E-state index in [-0.39, 0.29) is 6.10 Å². The number of piperidine rings is 1. The second kappa shape index (κ2) is 5.50. The number of aliphatic hydroxyl groups is 1. The summed E-state index contributed by atoms with van der Waals surface area (Å²) >= 11 is 0. The lowest BCUT2D eigenvalue weighted by Crippen LogP contribution is -2.52. The molecule has 0 aromatic rings. The van der Waals surface area contributed by atoms with Crippen molar-refractivity contribution in [2.75, 3.05) is 19.6 Å². The lowest BCUT2D eigenvalue weighted by molar-refractivity contribution is -0.0525. The molecular formula is C14H27NO. The van der Waals surface area contributed by atoms with Gasteiger partial charge < -0.3 is 10.0 Å². The molecule has 2 heteroatoms. The van der Waals surface area contributed by atoms with Crippen LogP contribution in [-0.4, -0.2) is 35.7 Å². The number of fused-ring (bicyclic) bond motifs is 2. The van der Waals surface area contributed by atoms with Crippen LogP contribution >= 0.6 is 0 Å². The predicted molar refractivity (Wildman–Crippen MR) is 67.3 cm³/mol. The maximum Gasteiger partial charge on any atom is 0.0620 e. The van der Waals surface area contributed by atoms with Crippen molar-refractivity contribution in [1.82, 2.24) is 4.90 Å². The second-order valence-electron chi connectivity index (χ2n) is 6.05. The van der Waals surface area contributed by atoms with Gasteiger partial charge in [-0.1, -0.05) is 26.7 Å². The molecule has 3 atom stereocenters. The maximum atomic E-state index is 10.1. The Kier molecular flexibility index (Phi) is 4.26. The molecule has 1 N–H and O–H groups in total. The summed E-state index contributed by atoms with van der Waals surface area (Å²) in [6.07, 6.45) is 6.47. The van der Waals surface area contributed by atoms with Crippen LogP contribution in [0.25, 0.3) is 0 Å². The van der Waals surface area contributed by atoms with E-state index in [1.165, 1.54) is 38.6 Å². The van der Waals surface area contributed by atoms with Gasteiger partial charge in [-0.2, -0.15) is 0 Å². The smallest absolute Gasteiger partial charge is 0.0620 e. The van der Waals surface area contributed by atoms with E-state index in [1.807, 2.05) is 0 Å². The van der Waals surface area contributed by atoms with Crippen LogP contribution in [-0.2, 0) is 0 Å². The van der Waals surface area contributed by atoms with Gasteiger partial charge in [0, 0.05) is 19.6 Å². The number of hydrogen-bond acceptors (Lipinski definition) is 2. The van der Waals surface area contributed by atoms with Crippen LogP contribution in [0, 0.1) is 17.8 Å². The summed E-state index contributed by atoms with van der Waals surface area (Å²) < 4.78 is 0. The van der Waals surface area contributed by atoms with Gasteiger partial charge in [0.1, 0.15) is 0 Å². The summed E-state index contributed by atoms with van der Waals surface area (Å²) in [6.45, 7) is 8.17. The van der Waals surface area contributed by atoms with Crippen LogP contribution in [0.4, 0.5) is 0 Å². The molecule has 1 saturated carbocycles. The van der Waals surface area contributed by atoms with Crippen LogP contribution < -0.4 is 0 Å². The third-order valence-corrected chi connectivity index (χ3v) is 4.45. The van der Waals surface area contributed by atoms with Crippen LogP contribution in [0.2, 0.25) is 0 Å². The summed E-state index contributed by atoms with van der Waals surface area (Å²) in [4.78, 5) is 2.61. The molecule has 94 valence electrons. The topological polar surface area (TPSA) is 23.5 Å². The van der Waals surface area contributed by atoms with Gasteiger partial charge in [0.25, 0.3) is 0 Å². The van der Waals surface area contributed by atoms with E-state index in [1.54, 1.807) is 0 Å². The summed E-state index contributed by atoms with van der Waals surface area (Å²) in [5.74, 6) is 1.96. The number of nitrogens with zero attached hydrogens (tertiary/aromatic N) is 1. The van der Waals surface area contributed by atoms with E-state index in [4.69, 9.17) is 0 Å². The summed E-state index contributed by atoms with van der Waals surface area (Å²) in [6, 6.07) is 0. The SMILES string of the molecule is CCCC(C)CN1CC2CCCC(C1)C2O. The van der Waals surface area contributed by atoms with E-state index < -0.39 is 0 Å². The van der Waals surface area contributed by atoms with Crippen molar-refractivity contribution in [3.63, 3.8) is 0 Å². The quantitative estimate of drug-likeness (QED) is 0.794. The molecule has 0 spiro atoms. The fraction of sp³-hybridized carbons (Fsp3) is 1.00. The number of hydrogen-bond donors (Lipinski definition) is 1. The fourth-order valence-corrected chi connectivity index (χ4v) is 3.68. The molecular weight excluding hydrogens is 198 g/mol. The zero-order valence-corrected chi connectivity index (χ0v) is 10.9. The third-order valence-electron chi connectivity index (χ3n) is 4.45. The lowest BCUT2D eigenvalue weighted by Gasteiger charge is -2.45. The molecule has 0 aromatic carbocycles. The average Bonchev–Trinajstić information content (AvgIpc) is 2.20. The zero-order valence-electron chi connectivity index (χ0n) is 10.9. The van der Waals surface area contributed by atoms with E-state index in [0.29, 0.717) is 11.8 Å². The summed E-state index contributed by atoms with van der Waals surface area (Å²) in [7, 11) is 0. The first-order chi connectivity index (χ1) is 7.70. The molecule has 1 saturated heterocycles. The fourth-order valence-electron chi connectivity index (χ4n) is 3.68. The van der Waals surface area contributed by atoms with Crippen molar-refractivity contribution < 1.29 is 5.11 Å². The van der Waals surface area contributed by atoms with Gasteiger partial charge in [-0.3, -0.25) is 0 Å². The van der Waals surface area contributed by atoms with Gasteiger partial charge in [0.2, 0.25) is 0 Å². The molecule has 1 heterocycles. The average molecular weight is 225 g/mol. The van der Waals surface area contributed by atoms with Gasteiger partial charge >= 0.3 is 0 Å². The van der Waals surface area contributed by atoms with Crippen molar-refractivity contribution in [2.24, 2.45) is 17.8 Å². The van der Waals surface area contributed by atoms with Crippen molar-refractivity contribution >= 4 is 0 Å². The van der Waals surface area contributed by atoms with Crippen molar-refractivity contribution in [3.8, 4) is 0 Å². The Morgan fingerprint density at radius 1 is 1.25 bits per heavy atom. The largest absolute Gasteiger partial charge is 0.392 e. The Labute approximate surface area is 100 Å². The van der Waals surface area contributed by atoms with E-state index >= 15 is 0 Å². The number of likely N-dealkylation sites (tertiary alicyclic amines) is 1. The number of aliphatic hydroxyl groups excluding tert-OH is 1. The van der Waals surface area contributed by atoms with Gasteiger partial charge in [-0.15, -0.1) is 0 Å². The summed E-state index contributed by atoms with van der Waals surface area (Å²) in [5, 5.41) is 10.1. The predicted octanol–water partition coefficient (Wildman–Crippen LogP) is 2.52. The van der Waals surface area contributed by atoms with Gasteiger partial charge in [0.05, 0.1) is 6.10 Å². The molecule has 16 heavy (non-hydrogen) atoms. The van der Waals surface area contributed by atoms with Crippen molar-refractivity contribution in [2.45, 2.75) is 52.1 Å². The first-order valence-electron chi connectivity index (χ1n) is 7.11. The van der Waals surface area contributed by atoms with Crippen LogP contribution in [0.3, 0.4) is 0 Å². The molecule has 2 rings (SSSR count). The van der Waals surface area contributed by atoms with Crippen molar-refractivity contribution in [3.05, 3.63) is 0 Å². The van der Waals surface area contributed by atoms with Gasteiger partial charge in [-0.05, 0) is 37.0 Å². The van der Waals surface area contributed by atoms with Crippen LogP contribution in [0.5, 0.6) is 0 Å².